The van der Waals surface area contributed by atoms with Gasteiger partial charge in [-0.1, -0.05) is 0 Å². The molecule has 1 heterocycles. The lowest BCUT2D eigenvalue weighted by Crippen LogP contribution is -2.31. The Morgan fingerprint density at radius 3 is 2.91 bits per heavy atom. The average molecular weight is 152 g/mol. The molecule has 0 radical (unpaired) electrons. The molecule has 0 aromatic carbocycles. The van der Waals surface area contributed by atoms with Gasteiger partial charge in [0.05, 0.1) is 12.1 Å². The minimum atomic E-state index is -0.0266. The lowest BCUT2D eigenvalue weighted by atomic mass is 10.2. The molecule has 0 aliphatic carbocycles. The molecule has 11 heavy (non-hydrogen) atoms. The molecule has 3 nitrogen and oxygen atoms in total. The zero-order valence-electron chi connectivity index (χ0n) is 6.79. The van der Waals surface area contributed by atoms with Crippen molar-refractivity contribution >= 4 is 12.1 Å². The van der Waals surface area contributed by atoms with Gasteiger partial charge in [0.15, 0.2) is 0 Å². The zero-order chi connectivity index (χ0) is 8.27. The van der Waals surface area contributed by atoms with Crippen LogP contribution >= 0.6 is 0 Å². The van der Waals surface area contributed by atoms with Crippen LogP contribution in [0.1, 0.15) is 13.8 Å². The molecule has 0 atom stereocenters. The molecule has 1 N–H and O–H groups in total. The Morgan fingerprint density at radius 1 is 1.73 bits per heavy atom. The van der Waals surface area contributed by atoms with Gasteiger partial charge in [0.2, 0.25) is 0 Å². The Labute approximate surface area is 66.2 Å². The van der Waals surface area contributed by atoms with Gasteiger partial charge in [-0.25, -0.2) is 0 Å². The number of amides is 1. The molecular formula is C8H12N2O. The first-order valence-electron chi connectivity index (χ1n) is 3.71. The van der Waals surface area contributed by atoms with Gasteiger partial charge in [0.25, 0.3) is 5.91 Å². The van der Waals surface area contributed by atoms with E-state index in [2.05, 4.69) is 10.3 Å². The standard InChI is InChI=1S/C8H12N2O/c1-6(2)10-8(11)7-3-4-9-5-7/h3,5-6H,4H2,1-2H3,(H,10,11). The minimum absolute atomic E-state index is 0.0266. The van der Waals surface area contributed by atoms with Gasteiger partial charge < -0.3 is 5.32 Å². The third-order valence-corrected chi connectivity index (χ3v) is 1.33. The second-order valence-electron chi connectivity index (χ2n) is 2.78. The number of carbonyl (C=O) groups excluding carboxylic acids is 1. The van der Waals surface area contributed by atoms with Crippen LogP contribution in [0.15, 0.2) is 16.6 Å². The number of hydrogen-bond donors (Lipinski definition) is 1. The van der Waals surface area contributed by atoms with E-state index in [4.69, 9.17) is 0 Å². The van der Waals surface area contributed by atoms with Crippen molar-refractivity contribution in [1.29, 1.82) is 0 Å². The Morgan fingerprint density at radius 2 is 2.45 bits per heavy atom. The molecule has 1 amide bonds. The number of nitrogens with one attached hydrogen (secondary N) is 1. The van der Waals surface area contributed by atoms with Crippen molar-refractivity contribution < 1.29 is 4.79 Å². The Bertz CT molecular complexity index is 216. The number of hydrogen-bond acceptors (Lipinski definition) is 2. The normalized spacial score (nSPS) is 15.4. The van der Waals surface area contributed by atoms with Crippen LogP contribution in [0.25, 0.3) is 0 Å². The maximum absolute atomic E-state index is 11.2. The molecule has 3 heteroatoms. The Hall–Kier alpha value is -1.12. The topological polar surface area (TPSA) is 41.5 Å². The molecular weight excluding hydrogens is 140 g/mol. The van der Waals surface area contributed by atoms with Crippen LogP contribution in [0.4, 0.5) is 0 Å². The van der Waals surface area contributed by atoms with Crippen molar-refractivity contribution in [2.75, 3.05) is 6.54 Å². The van der Waals surface area contributed by atoms with Crippen molar-refractivity contribution in [3.63, 3.8) is 0 Å². The van der Waals surface area contributed by atoms with Gasteiger partial charge >= 0.3 is 0 Å². The first kappa shape index (κ1) is 7.98. The lowest BCUT2D eigenvalue weighted by molar-refractivity contribution is -0.117. The van der Waals surface area contributed by atoms with E-state index < -0.39 is 0 Å². The summed E-state index contributed by atoms with van der Waals surface area (Å²) in [5.41, 5.74) is 0.679. The fraction of sp³-hybridized carbons (Fsp3) is 0.500. The van der Waals surface area contributed by atoms with Crippen molar-refractivity contribution in [3.8, 4) is 0 Å². The van der Waals surface area contributed by atoms with E-state index in [1.165, 1.54) is 0 Å². The van der Waals surface area contributed by atoms with E-state index >= 15 is 0 Å². The van der Waals surface area contributed by atoms with Gasteiger partial charge in [-0.05, 0) is 19.9 Å². The average Bonchev–Trinajstić information content (AvgIpc) is 2.35. The van der Waals surface area contributed by atoms with Crippen LogP contribution in [0, 0.1) is 0 Å². The quantitative estimate of drug-likeness (QED) is 0.615. The van der Waals surface area contributed by atoms with E-state index in [0.29, 0.717) is 12.1 Å². The summed E-state index contributed by atoms with van der Waals surface area (Å²) in [5, 5.41) is 2.79. The zero-order valence-corrected chi connectivity index (χ0v) is 6.79. The van der Waals surface area contributed by atoms with E-state index in [0.717, 1.165) is 0 Å². The molecule has 1 aliphatic heterocycles. The van der Waals surface area contributed by atoms with Crippen molar-refractivity contribution in [1.82, 2.24) is 5.32 Å². The molecule has 0 saturated heterocycles. The van der Waals surface area contributed by atoms with Crippen molar-refractivity contribution in [3.05, 3.63) is 11.6 Å². The highest BCUT2D eigenvalue weighted by atomic mass is 16.1. The van der Waals surface area contributed by atoms with Crippen LogP contribution in [0.3, 0.4) is 0 Å². The Balaban J connectivity index is 2.48. The summed E-state index contributed by atoms with van der Waals surface area (Å²) >= 11 is 0. The minimum Gasteiger partial charge on any atom is -0.350 e. The first-order valence-corrected chi connectivity index (χ1v) is 3.71. The number of carbonyl (C=O) groups is 1. The van der Waals surface area contributed by atoms with Crippen LogP contribution in [0.5, 0.6) is 0 Å². The summed E-state index contributed by atoms with van der Waals surface area (Å²) < 4.78 is 0. The molecule has 60 valence electrons. The molecule has 0 spiro atoms. The molecule has 0 saturated carbocycles. The molecule has 0 aromatic rings. The molecule has 0 fully saturated rings. The van der Waals surface area contributed by atoms with Crippen LogP contribution in [0.2, 0.25) is 0 Å². The largest absolute Gasteiger partial charge is 0.350 e. The molecule has 0 unspecified atom stereocenters. The third-order valence-electron chi connectivity index (χ3n) is 1.33. The number of aliphatic imine (C=N–C) groups is 1. The van der Waals surface area contributed by atoms with Crippen LogP contribution in [-0.2, 0) is 4.79 Å². The third kappa shape index (κ3) is 2.18. The predicted molar refractivity (Wildman–Crippen MR) is 44.7 cm³/mol. The van der Waals surface area contributed by atoms with Gasteiger partial charge in [0.1, 0.15) is 0 Å². The molecule has 1 rings (SSSR count). The van der Waals surface area contributed by atoms with Crippen LogP contribution < -0.4 is 5.32 Å². The van der Waals surface area contributed by atoms with Crippen LogP contribution in [-0.4, -0.2) is 24.7 Å². The molecule has 0 aromatic heterocycles. The summed E-state index contributed by atoms with van der Waals surface area (Å²) in [5.74, 6) is -0.0266. The van der Waals surface area contributed by atoms with Crippen molar-refractivity contribution in [2.45, 2.75) is 19.9 Å². The second-order valence-corrected chi connectivity index (χ2v) is 2.78. The fourth-order valence-corrected chi connectivity index (χ4v) is 0.852. The van der Waals surface area contributed by atoms with E-state index in [1.807, 2.05) is 19.9 Å². The molecule has 0 bridgehead atoms. The maximum atomic E-state index is 11.2. The first-order chi connectivity index (χ1) is 5.20. The highest BCUT2D eigenvalue weighted by Crippen LogP contribution is 1.98. The van der Waals surface area contributed by atoms with Crippen molar-refractivity contribution in [2.24, 2.45) is 4.99 Å². The van der Waals surface area contributed by atoms with E-state index in [1.54, 1.807) is 6.21 Å². The summed E-state index contributed by atoms with van der Waals surface area (Å²) in [6.45, 7) is 4.51. The summed E-state index contributed by atoms with van der Waals surface area (Å²) in [6.07, 6.45) is 3.43. The van der Waals surface area contributed by atoms with Gasteiger partial charge in [0, 0.05) is 12.3 Å². The van der Waals surface area contributed by atoms with Gasteiger partial charge in [-0.3, -0.25) is 9.79 Å². The summed E-state index contributed by atoms with van der Waals surface area (Å²) in [7, 11) is 0. The van der Waals surface area contributed by atoms with E-state index in [9.17, 15) is 4.79 Å². The number of nitrogens with zero attached hydrogens (tertiary/aromatic N) is 1. The number of rotatable bonds is 2. The SMILES string of the molecule is CC(C)NC(=O)C1=CCN=C1. The fourth-order valence-electron chi connectivity index (χ4n) is 0.852. The van der Waals surface area contributed by atoms with E-state index in [-0.39, 0.29) is 11.9 Å². The second kappa shape index (κ2) is 3.32. The highest BCUT2D eigenvalue weighted by molar-refractivity contribution is 6.13. The monoisotopic (exact) mass is 152 g/mol. The predicted octanol–water partition coefficient (Wildman–Crippen LogP) is 0.522. The Kier molecular flexibility index (Phi) is 2.41. The highest BCUT2D eigenvalue weighted by Gasteiger charge is 2.09. The van der Waals surface area contributed by atoms with Gasteiger partial charge in [-0.15, -0.1) is 0 Å². The summed E-state index contributed by atoms with van der Waals surface area (Å²) in [6, 6.07) is 0.192. The smallest absolute Gasteiger partial charge is 0.252 e. The lowest BCUT2D eigenvalue weighted by Gasteiger charge is -2.06. The maximum Gasteiger partial charge on any atom is 0.252 e. The van der Waals surface area contributed by atoms with Gasteiger partial charge in [-0.2, -0.15) is 0 Å². The molecule has 1 aliphatic rings. The summed E-state index contributed by atoms with van der Waals surface area (Å²) in [4.78, 5) is 15.1.